The number of anilines is 1. The molecule has 168 valence electrons. The Kier molecular flexibility index (Phi) is 6.50. The molecule has 2 heterocycles. The van der Waals surface area contributed by atoms with Crippen molar-refractivity contribution in [1.82, 2.24) is 15.1 Å². The van der Waals surface area contributed by atoms with E-state index >= 15 is 0 Å². The molecule has 0 aliphatic carbocycles. The first-order valence-electron chi connectivity index (χ1n) is 10.1. The summed E-state index contributed by atoms with van der Waals surface area (Å²) in [5.41, 5.74) is 1.94. The number of hydrogen-bond acceptors (Lipinski definition) is 4. The summed E-state index contributed by atoms with van der Waals surface area (Å²) in [6.45, 7) is 1.76. The summed E-state index contributed by atoms with van der Waals surface area (Å²) < 4.78 is 43.7. The number of piperidine rings is 1. The number of halogens is 4. The third-order valence-electron chi connectivity index (χ3n) is 5.19. The molecule has 32 heavy (non-hydrogen) atoms. The van der Waals surface area contributed by atoms with Crippen LogP contribution in [-0.2, 0) is 12.7 Å². The topological polar surface area (TPSA) is 62.5 Å². The van der Waals surface area contributed by atoms with Crippen LogP contribution in [0.15, 0.2) is 57.4 Å². The van der Waals surface area contributed by atoms with Crippen LogP contribution in [0.25, 0.3) is 11.5 Å². The molecule has 0 radical (unpaired) electrons. The lowest BCUT2D eigenvalue weighted by molar-refractivity contribution is -0.156. The first-order chi connectivity index (χ1) is 15.3. The van der Waals surface area contributed by atoms with Crippen LogP contribution in [0.3, 0.4) is 0 Å². The van der Waals surface area contributed by atoms with Crippen molar-refractivity contribution >= 4 is 27.6 Å². The third-order valence-corrected chi connectivity index (χ3v) is 5.68. The van der Waals surface area contributed by atoms with Crippen molar-refractivity contribution in [2.75, 3.05) is 18.0 Å². The highest BCUT2D eigenvalue weighted by Gasteiger charge is 2.38. The Morgan fingerprint density at radius 2 is 1.78 bits per heavy atom. The van der Waals surface area contributed by atoms with Crippen LogP contribution in [0.2, 0.25) is 0 Å². The van der Waals surface area contributed by atoms with Crippen LogP contribution in [-0.4, -0.2) is 34.2 Å². The second kappa shape index (κ2) is 9.32. The molecule has 0 atom stereocenters. The van der Waals surface area contributed by atoms with E-state index < -0.39 is 12.1 Å². The molecule has 0 unspecified atom stereocenters. The molecular weight excluding hydrogens is 489 g/mol. The van der Waals surface area contributed by atoms with Gasteiger partial charge in [0, 0.05) is 28.8 Å². The van der Waals surface area contributed by atoms with Crippen molar-refractivity contribution in [3.63, 3.8) is 0 Å². The van der Waals surface area contributed by atoms with Crippen LogP contribution in [0.5, 0.6) is 0 Å². The van der Waals surface area contributed by atoms with Gasteiger partial charge in [-0.25, -0.2) is 4.79 Å². The van der Waals surface area contributed by atoms with Gasteiger partial charge in [0.1, 0.15) is 0 Å². The highest BCUT2D eigenvalue weighted by molar-refractivity contribution is 9.10. The van der Waals surface area contributed by atoms with Crippen molar-refractivity contribution in [2.45, 2.75) is 32.0 Å². The number of carbonyl (C=O) groups is 1. The summed E-state index contributed by atoms with van der Waals surface area (Å²) in [5.74, 6) is -1.60. The minimum absolute atomic E-state index is 0.0707. The van der Waals surface area contributed by atoms with Crippen LogP contribution >= 0.6 is 15.9 Å². The summed E-state index contributed by atoms with van der Waals surface area (Å²) >= 11 is 3.46. The maximum Gasteiger partial charge on any atom is 0.470 e. The number of amides is 2. The standard InChI is InChI=1S/C22H20BrF3N4O2/c23-17-5-4-6-18(13-17)30(21(31)29-11-2-1-3-12-29)14-15-7-9-16(10-8-15)19-27-28-20(32-19)22(24,25)26/h4-10,13H,1-3,11-12,14H2. The largest absolute Gasteiger partial charge is 0.470 e. The van der Waals surface area contributed by atoms with Crippen LogP contribution < -0.4 is 4.90 Å². The summed E-state index contributed by atoms with van der Waals surface area (Å²) in [4.78, 5) is 16.9. The van der Waals surface area contributed by atoms with Gasteiger partial charge in [0.2, 0.25) is 5.89 Å². The van der Waals surface area contributed by atoms with Gasteiger partial charge in [0.05, 0.1) is 6.54 Å². The molecule has 1 saturated heterocycles. The van der Waals surface area contributed by atoms with Gasteiger partial charge in [-0.3, -0.25) is 4.90 Å². The summed E-state index contributed by atoms with van der Waals surface area (Å²) in [6, 6.07) is 14.1. The monoisotopic (exact) mass is 508 g/mol. The molecule has 3 aromatic rings. The minimum Gasteiger partial charge on any atom is -0.413 e. The van der Waals surface area contributed by atoms with Gasteiger partial charge in [-0.05, 0) is 55.2 Å². The lowest BCUT2D eigenvalue weighted by Crippen LogP contribution is -2.45. The lowest BCUT2D eigenvalue weighted by Gasteiger charge is -2.33. The number of aromatic nitrogens is 2. The number of nitrogens with zero attached hydrogens (tertiary/aromatic N) is 4. The molecule has 2 amide bonds. The van der Waals surface area contributed by atoms with Crippen LogP contribution in [0.4, 0.5) is 23.7 Å². The molecule has 6 nitrogen and oxygen atoms in total. The second-order valence-corrected chi connectivity index (χ2v) is 8.42. The van der Waals surface area contributed by atoms with E-state index in [2.05, 4.69) is 26.1 Å². The average molecular weight is 509 g/mol. The molecule has 10 heteroatoms. The van der Waals surface area contributed by atoms with Gasteiger partial charge in [0.25, 0.3) is 0 Å². The molecule has 0 spiro atoms. The van der Waals surface area contributed by atoms with E-state index in [1.54, 1.807) is 29.2 Å². The van der Waals surface area contributed by atoms with Crippen molar-refractivity contribution < 1.29 is 22.4 Å². The number of hydrogen-bond donors (Lipinski definition) is 0. The number of urea groups is 1. The highest BCUT2D eigenvalue weighted by atomic mass is 79.9. The van der Waals surface area contributed by atoms with E-state index in [4.69, 9.17) is 4.42 Å². The predicted molar refractivity (Wildman–Crippen MR) is 116 cm³/mol. The second-order valence-electron chi connectivity index (χ2n) is 7.50. The van der Waals surface area contributed by atoms with E-state index in [-0.39, 0.29) is 11.9 Å². The highest BCUT2D eigenvalue weighted by Crippen LogP contribution is 2.31. The quantitative estimate of drug-likeness (QED) is 0.425. The fourth-order valence-corrected chi connectivity index (χ4v) is 3.95. The Bertz CT molecular complexity index is 1080. The normalized spacial score (nSPS) is 14.4. The van der Waals surface area contributed by atoms with Gasteiger partial charge in [-0.1, -0.05) is 34.1 Å². The molecule has 1 aromatic heterocycles. The van der Waals surface area contributed by atoms with Gasteiger partial charge in [-0.2, -0.15) is 13.2 Å². The molecule has 0 N–H and O–H groups in total. The Balaban J connectivity index is 1.56. The molecule has 1 fully saturated rings. The third kappa shape index (κ3) is 5.12. The fraction of sp³-hybridized carbons (Fsp3) is 0.318. The zero-order valence-corrected chi connectivity index (χ0v) is 18.6. The fourth-order valence-electron chi connectivity index (χ4n) is 3.56. The number of carbonyl (C=O) groups excluding carboxylic acids is 1. The van der Waals surface area contributed by atoms with E-state index in [0.717, 1.165) is 48.1 Å². The maximum absolute atomic E-state index is 13.3. The lowest BCUT2D eigenvalue weighted by atomic mass is 10.1. The van der Waals surface area contributed by atoms with Crippen molar-refractivity contribution in [3.05, 3.63) is 64.5 Å². The number of benzene rings is 2. The summed E-state index contributed by atoms with van der Waals surface area (Å²) in [5, 5.41) is 6.53. The Hall–Kier alpha value is -2.88. The number of rotatable bonds is 4. The van der Waals surface area contributed by atoms with E-state index in [1.807, 2.05) is 29.2 Å². The molecule has 1 aliphatic rings. The van der Waals surface area contributed by atoms with Crippen molar-refractivity contribution in [1.29, 1.82) is 0 Å². The van der Waals surface area contributed by atoms with Gasteiger partial charge in [0.15, 0.2) is 0 Å². The molecule has 4 rings (SSSR count). The first-order valence-corrected chi connectivity index (χ1v) is 10.9. The van der Waals surface area contributed by atoms with E-state index in [9.17, 15) is 18.0 Å². The van der Waals surface area contributed by atoms with Gasteiger partial charge < -0.3 is 9.32 Å². The molecule has 0 bridgehead atoms. The van der Waals surface area contributed by atoms with Crippen LogP contribution in [0.1, 0.15) is 30.7 Å². The molecule has 1 aliphatic heterocycles. The van der Waals surface area contributed by atoms with E-state index in [0.29, 0.717) is 12.1 Å². The van der Waals surface area contributed by atoms with E-state index in [1.165, 1.54) is 0 Å². The SMILES string of the molecule is O=C(N1CCCCC1)N(Cc1ccc(-c2nnc(C(F)(F)F)o2)cc1)c1cccc(Br)c1. The average Bonchev–Trinajstić information content (AvgIpc) is 3.29. The van der Waals surface area contributed by atoms with Crippen LogP contribution in [0, 0.1) is 0 Å². The van der Waals surface area contributed by atoms with Gasteiger partial charge >= 0.3 is 18.1 Å². The molecule has 2 aromatic carbocycles. The number of likely N-dealkylation sites (tertiary alicyclic amines) is 1. The zero-order valence-electron chi connectivity index (χ0n) is 17.0. The van der Waals surface area contributed by atoms with Gasteiger partial charge in [-0.15, -0.1) is 10.2 Å². The summed E-state index contributed by atoms with van der Waals surface area (Å²) in [6.07, 6.45) is -1.61. The minimum atomic E-state index is -4.69. The van der Waals surface area contributed by atoms with Crippen molar-refractivity contribution in [2.24, 2.45) is 0 Å². The maximum atomic E-state index is 13.3. The Labute approximate surface area is 191 Å². The smallest absolute Gasteiger partial charge is 0.413 e. The number of alkyl halides is 3. The zero-order chi connectivity index (χ0) is 22.7. The predicted octanol–water partition coefficient (Wildman–Crippen LogP) is 6.13. The molecule has 0 saturated carbocycles. The molecular formula is C22H20BrF3N4O2. The summed E-state index contributed by atoms with van der Waals surface area (Å²) in [7, 11) is 0. The van der Waals surface area contributed by atoms with Crippen molar-refractivity contribution in [3.8, 4) is 11.5 Å². The Morgan fingerprint density at radius 3 is 2.41 bits per heavy atom. The first kappa shape index (κ1) is 22.3. The Morgan fingerprint density at radius 1 is 1.06 bits per heavy atom.